The molecule has 0 spiro atoms. The van der Waals surface area contributed by atoms with Crippen LogP contribution in [0.15, 0.2) is 60.9 Å². The van der Waals surface area contributed by atoms with Gasteiger partial charge in [0.15, 0.2) is 0 Å². The second-order valence-corrected chi connectivity index (χ2v) is 9.85. The van der Waals surface area contributed by atoms with E-state index < -0.39 is 17.8 Å². The van der Waals surface area contributed by atoms with Crippen molar-refractivity contribution < 1.29 is 19.4 Å². The molecule has 2 heterocycles. The van der Waals surface area contributed by atoms with Crippen LogP contribution >= 0.6 is 0 Å². The van der Waals surface area contributed by atoms with Crippen LogP contribution in [0.5, 0.6) is 11.5 Å². The third kappa shape index (κ3) is 6.42. The van der Waals surface area contributed by atoms with E-state index in [1.54, 1.807) is 4.90 Å². The number of nitrogens with two attached hydrogens (primary N) is 1. The molecule has 9 nitrogen and oxygen atoms in total. The third-order valence-electron chi connectivity index (χ3n) is 5.90. The number of benzene rings is 2. The molecule has 9 heteroatoms. The largest absolute Gasteiger partial charge is 0.457 e. The number of carbonyl (C=O) groups is 1. The molecule has 0 aliphatic carbocycles. The van der Waals surface area contributed by atoms with Crippen LogP contribution in [0.2, 0.25) is 0 Å². The number of ether oxygens (including phenoxy) is 2. The predicted molar refractivity (Wildman–Crippen MR) is 139 cm³/mol. The van der Waals surface area contributed by atoms with Crippen molar-refractivity contribution in [3.63, 3.8) is 0 Å². The molecule has 0 radical (unpaired) electrons. The van der Waals surface area contributed by atoms with Gasteiger partial charge >= 0.3 is 6.09 Å². The van der Waals surface area contributed by atoms with Gasteiger partial charge in [-0.15, -0.1) is 0 Å². The Kier molecular flexibility index (Phi) is 7.59. The summed E-state index contributed by atoms with van der Waals surface area (Å²) in [4.78, 5) is 22.5. The number of anilines is 2. The van der Waals surface area contributed by atoms with Gasteiger partial charge in [-0.1, -0.05) is 30.3 Å². The number of rotatable bonds is 6. The summed E-state index contributed by atoms with van der Waals surface area (Å²) in [6, 6.07) is 17.1. The molecule has 1 aromatic heterocycles. The van der Waals surface area contributed by atoms with E-state index in [1.165, 1.54) is 6.33 Å². The first-order valence-electron chi connectivity index (χ1n) is 12.0. The number of piperidine rings is 1. The Labute approximate surface area is 211 Å². The zero-order valence-corrected chi connectivity index (χ0v) is 20.8. The number of aliphatic hydroxyl groups excluding tert-OH is 1. The molecule has 4 N–H and O–H groups in total. The van der Waals surface area contributed by atoms with Gasteiger partial charge in [0.1, 0.15) is 35.1 Å². The van der Waals surface area contributed by atoms with Crippen LogP contribution in [0.3, 0.4) is 0 Å². The Bertz CT molecular complexity index is 1170. The number of aromatic nitrogens is 2. The first-order chi connectivity index (χ1) is 17.2. The lowest BCUT2D eigenvalue weighted by Gasteiger charge is -2.36. The van der Waals surface area contributed by atoms with E-state index in [-0.39, 0.29) is 12.5 Å². The van der Waals surface area contributed by atoms with Gasteiger partial charge in [0, 0.05) is 19.0 Å². The number of nitrogen functional groups attached to an aromatic ring is 1. The lowest BCUT2D eigenvalue weighted by atomic mass is 9.94. The second kappa shape index (κ2) is 10.8. The topological polar surface area (TPSA) is 123 Å². The fourth-order valence-electron chi connectivity index (χ4n) is 4.07. The number of para-hydroxylation sites is 1. The fourth-order valence-corrected chi connectivity index (χ4v) is 4.07. The summed E-state index contributed by atoms with van der Waals surface area (Å²) in [6.07, 6.45) is 0.957. The van der Waals surface area contributed by atoms with E-state index in [4.69, 9.17) is 15.2 Å². The van der Waals surface area contributed by atoms with Gasteiger partial charge in [-0.3, -0.25) is 0 Å². The van der Waals surface area contributed by atoms with Gasteiger partial charge in [0.25, 0.3) is 0 Å². The predicted octanol–water partition coefficient (Wildman–Crippen LogP) is 4.55. The van der Waals surface area contributed by atoms with Crippen LogP contribution in [0.4, 0.5) is 16.4 Å². The molecule has 4 rings (SSSR count). The highest BCUT2D eigenvalue weighted by Crippen LogP contribution is 2.33. The number of nitrogens with one attached hydrogen (secondary N) is 1. The van der Waals surface area contributed by atoms with Gasteiger partial charge in [0.05, 0.1) is 18.2 Å². The maximum absolute atomic E-state index is 12.3. The summed E-state index contributed by atoms with van der Waals surface area (Å²) in [5.74, 6) is 2.33. The maximum Gasteiger partial charge on any atom is 0.410 e. The average Bonchev–Trinajstić information content (AvgIpc) is 2.83. The minimum absolute atomic E-state index is 0.0608. The van der Waals surface area contributed by atoms with Crippen LogP contribution in [0.25, 0.3) is 11.1 Å². The molecule has 36 heavy (non-hydrogen) atoms. The van der Waals surface area contributed by atoms with Crippen molar-refractivity contribution >= 4 is 17.7 Å². The lowest BCUT2D eigenvalue weighted by Crippen LogP contribution is -2.49. The molecule has 0 saturated carbocycles. The number of aliphatic hydroxyl groups is 1. The maximum atomic E-state index is 12.3. The summed E-state index contributed by atoms with van der Waals surface area (Å²) in [5.41, 5.74) is 7.18. The molecule has 2 aromatic carbocycles. The molecule has 0 unspecified atom stereocenters. The minimum atomic E-state index is -0.684. The number of hydrogen-bond donors (Lipinski definition) is 3. The Morgan fingerprint density at radius 2 is 1.81 bits per heavy atom. The monoisotopic (exact) mass is 491 g/mol. The molecule has 2 atom stereocenters. The van der Waals surface area contributed by atoms with Crippen LogP contribution in [-0.4, -0.2) is 57.4 Å². The molecule has 3 aromatic rings. The number of nitrogens with zero attached hydrogens (tertiary/aromatic N) is 3. The van der Waals surface area contributed by atoms with Crippen molar-refractivity contribution in [3.05, 3.63) is 60.9 Å². The summed E-state index contributed by atoms with van der Waals surface area (Å²) < 4.78 is 11.3. The van der Waals surface area contributed by atoms with E-state index in [0.29, 0.717) is 42.5 Å². The van der Waals surface area contributed by atoms with Gasteiger partial charge in [-0.05, 0) is 57.0 Å². The van der Waals surface area contributed by atoms with Crippen LogP contribution < -0.4 is 15.8 Å². The number of β-amino-alcohol motifs (C(OH)–C–C–N with tert-alkyl or cyclic N) is 1. The lowest BCUT2D eigenvalue weighted by molar-refractivity contribution is -0.0104. The summed E-state index contributed by atoms with van der Waals surface area (Å²) >= 11 is 0. The van der Waals surface area contributed by atoms with Crippen molar-refractivity contribution in [1.82, 2.24) is 14.9 Å². The Morgan fingerprint density at radius 3 is 2.47 bits per heavy atom. The molecule has 1 saturated heterocycles. The van der Waals surface area contributed by atoms with Crippen molar-refractivity contribution in [2.75, 3.05) is 30.7 Å². The van der Waals surface area contributed by atoms with Crippen molar-refractivity contribution in [2.24, 2.45) is 5.92 Å². The molecule has 0 bridgehead atoms. The Balaban J connectivity index is 1.40. The number of hydrogen-bond acceptors (Lipinski definition) is 8. The molecular weight excluding hydrogens is 458 g/mol. The van der Waals surface area contributed by atoms with E-state index in [9.17, 15) is 9.90 Å². The fraction of sp³-hybridized carbons (Fsp3) is 0.370. The molecule has 1 aliphatic heterocycles. The van der Waals surface area contributed by atoms with E-state index in [1.807, 2.05) is 75.4 Å². The Hall–Kier alpha value is -3.85. The number of carbonyl (C=O) groups excluding carboxylic acids is 1. The quantitative estimate of drug-likeness (QED) is 0.459. The van der Waals surface area contributed by atoms with E-state index >= 15 is 0 Å². The normalized spacial score (nSPS) is 17.9. The Morgan fingerprint density at radius 1 is 1.11 bits per heavy atom. The third-order valence-corrected chi connectivity index (χ3v) is 5.90. The molecular formula is C27H33N5O4. The SMILES string of the molecule is CC(C)(C)OC(=O)N1CC[C@@H](CNc2ncnc(N)c2-c2ccc(Oc3ccccc3)cc2)[C@H](O)C1. The zero-order valence-electron chi connectivity index (χ0n) is 20.8. The molecule has 190 valence electrons. The van der Waals surface area contributed by atoms with Crippen molar-refractivity contribution in [2.45, 2.75) is 38.9 Å². The van der Waals surface area contributed by atoms with E-state index in [2.05, 4.69) is 15.3 Å². The van der Waals surface area contributed by atoms with Crippen molar-refractivity contribution in [1.29, 1.82) is 0 Å². The minimum Gasteiger partial charge on any atom is -0.457 e. The average molecular weight is 492 g/mol. The first kappa shape index (κ1) is 25.2. The number of amides is 1. The summed E-state index contributed by atoms with van der Waals surface area (Å²) in [7, 11) is 0. The van der Waals surface area contributed by atoms with Crippen LogP contribution in [0, 0.1) is 5.92 Å². The second-order valence-electron chi connectivity index (χ2n) is 9.85. The zero-order chi connectivity index (χ0) is 25.7. The van der Waals surface area contributed by atoms with Crippen LogP contribution in [0.1, 0.15) is 27.2 Å². The van der Waals surface area contributed by atoms with E-state index in [0.717, 1.165) is 11.3 Å². The first-order valence-corrected chi connectivity index (χ1v) is 12.0. The molecule has 1 amide bonds. The summed E-state index contributed by atoms with van der Waals surface area (Å²) in [5, 5.41) is 14.0. The molecule has 1 aliphatic rings. The van der Waals surface area contributed by atoms with Gasteiger partial charge in [-0.25, -0.2) is 14.8 Å². The summed E-state index contributed by atoms with van der Waals surface area (Å²) in [6.45, 7) is 6.69. The van der Waals surface area contributed by atoms with Gasteiger partial charge < -0.3 is 30.5 Å². The highest BCUT2D eigenvalue weighted by molar-refractivity contribution is 5.83. The van der Waals surface area contributed by atoms with Gasteiger partial charge in [0.2, 0.25) is 0 Å². The van der Waals surface area contributed by atoms with Crippen LogP contribution in [-0.2, 0) is 4.74 Å². The number of likely N-dealkylation sites (tertiary alicyclic amines) is 1. The highest BCUT2D eigenvalue weighted by Gasteiger charge is 2.32. The smallest absolute Gasteiger partial charge is 0.410 e. The molecule has 1 fully saturated rings. The highest BCUT2D eigenvalue weighted by atomic mass is 16.6. The standard InChI is InChI=1S/C27H33N5O4/c1-27(2,3)36-26(34)32-14-13-19(22(33)16-32)15-29-25-23(24(28)30-17-31-25)18-9-11-21(12-10-18)35-20-7-5-4-6-8-20/h4-12,17,19,22,33H,13-16H2,1-3H3,(H3,28,29,30,31)/t19-,22+/m0/s1. The van der Waals surface area contributed by atoms with Crippen molar-refractivity contribution in [3.8, 4) is 22.6 Å². The van der Waals surface area contributed by atoms with Gasteiger partial charge in [-0.2, -0.15) is 0 Å².